The van der Waals surface area contributed by atoms with Gasteiger partial charge in [0, 0.05) is 17.5 Å². The summed E-state index contributed by atoms with van der Waals surface area (Å²) in [5, 5.41) is 0. The van der Waals surface area contributed by atoms with Crippen LogP contribution in [0.3, 0.4) is 0 Å². The molecule has 1 nitrogen and oxygen atoms in total. The molecule has 1 unspecified atom stereocenters. The van der Waals surface area contributed by atoms with Gasteiger partial charge in [-0.2, -0.15) is 0 Å². The lowest BCUT2D eigenvalue weighted by atomic mass is 10.4. The topological polar surface area (TPSA) is 3.24 Å². The van der Waals surface area contributed by atoms with Crippen LogP contribution in [0.4, 0.5) is 0 Å². The molecule has 68 valence electrons. The van der Waals surface area contributed by atoms with Crippen molar-refractivity contribution < 1.29 is 0 Å². The van der Waals surface area contributed by atoms with Crippen molar-refractivity contribution >= 4 is 21.6 Å². The Morgan fingerprint density at radius 3 is 2.36 bits per heavy atom. The second kappa shape index (κ2) is 7.32. The van der Waals surface area contributed by atoms with E-state index in [1.807, 2.05) is 21.6 Å². The fraction of sp³-hybridized carbons (Fsp3) is 1.00. The van der Waals surface area contributed by atoms with E-state index >= 15 is 0 Å². The third kappa shape index (κ3) is 7.04. The fourth-order valence-electron chi connectivity index (χ4n) is 0.438. The molecule has 11 heavy (non-hydrogen) atoms. The molecule has 0 amide bonds. The van der Waals surface area contributed by atoms with Gasteiger partial charge in [-0.25, -0.2) is 0 Å². The molecule has 0 aliphatic rings. The maximum absolute atomic E-state index is 2.26. The molecule has 0 fully saturated rings. The molecule has 3 heteroatoms. The van der Waals surface area contributed by atoms with Gasteiger partial charge in [0.25, 0.3) is 0 Å². The van der Waals surface area contributed by atoms with Crippen molar-refractivity contribution in [2.45, 2.75) is 26.3 Å². The van der Waals surface area contributed by atoms with Crippen LogP contribution < -0.4 is 0 Å². The molecule has 0 heterocycles. The molecule has 0 aromatic rings. The second-order valence-electron chi connectivity index (χ2n) is 2.92. The summed E-state index contributed by atoms with van der Waals surface area (Å²) in [6, 6.07) is 0.698. The van der Waals surface area contributed by atoms with E-state index in [1.54, 1.807) is 0 Å². The van der Waals surface area contributed by atoms with Crippen molar-refractivity contribution in [2.24, 2.45) is 0 Å². The van der Waals surface area contributed by atoms with Crippen molar-refractivity contribution in [1.82, 2.24) is 4.90 Å². The Kier molecular flexibility index (Phi) is 7.76. The Morgan fingerprint density at radius 1 is 1.27 bits per heavy atom. The molecular weight excluding hydrogens is 174 g/mol. The summed E-state index contributed by atoms with van der Waals surface area (Å²) in [7, 11) is 8.25. The summed E-state index contributed by atoms with van der Waals surface area (Å²) in [5.41, 5.74) is 0. The summed E-state index contributed by atoms with van der Waals surface area (Å²) in [6.07, 6.45) is 1.29. The van der Waals surface area contributed by atoms with E-state index in [2.05, 4.69) is 32.8 Å². The summed E-state index contributed by atoms with van der Waals surface area (Å²) in [6.45, 7) is 4.49. The van der Waals surface area contributed by atoms with Gasteiger partial charge in [-0.15, -0.1) is 0 Å². The van der Waals surface area contributed by atoms with Gasteiger partial charge in [-0.1, -0.05) is 28.5 Å². The van der Waals surface area contributed by atoms with E-state index in [9.17, 15) is 0 Å². The Labute approximate surface area is 78.7 Å². The van der Waals surface area contributed by atoms with Crippen LogP contribution in [0.5, 0.6) is 0 Å². The molecule has 0 aromatic heterocycles. The van der Waals surface area contributed by atoms with Crippen molar-refractivity contribution in [2.75, 3.05) is 25.6 Å². The second-order valence-corrected chi connectivity index (χ2v) is 5.55. The molecule has 0 aromatic carbocycles. The predicted molar refractivity (Wildman–Crippen MR) is 58.4 cm³/mol. The van der Waals surface area contributed by atoms with Crippen LogP contribution in [0, 0.1) is 0 Å². The zero-order valence-corrected chi connectivity index (χ0v) is 9.60. The average molecular weight is 193 g/mol. The maximum atomic E-state index is 2.26. The lowest BCUT2D eigenvalue weighted by Crippen LogP contribution is -2.26. The number of rotatable bonds is 6. The van der Waals surface area contributed by atoms with E-state index in [0.29, 0.717) is 6.04 Å². The largest absolute Gasteiger partial charge is 0.306 e. The first kappa shape index (κ1) is 11.7. The fourth-order valence-corrected chi connectivity index (χ4v) is 3.05. The number of hydrogen-bond donors (Lipinski definition) is 0. The normalized spacial score (nSPS) is 13.9. The first-order valence-corrected chi connectivity index (χ1v) is 6.58. The van der Waals surface area contributed by atoms with Gasteiger partial charge >= 0.3 is 0 Å². The molecule has 0 saturated heterocycles. The molecule has 0 rings (SSSR count). The van der Waals surface area contributed by atoms with Crippen molar-refractivity contribution in [3.8, 4) is 0 Å². The van der Waals surface area contributed by atoms with Crippen LogP contribution >= 0.6 is 21.6 Å². The minimum atomic E-state index is 0.698. The first-order chi connectivity index (χ1) is 5.18. The zero-order chi connectivity index (χ0) is 8.69. The smallest absolute Gasteiger partial charge is 0.0190 e. The van der Waals surface area contributed by atoms with Crippen LogP contribution in [0.25, 0.3) is 0 Å². The SMILES string of the molecule is CCCSSCC(C)N(C)C. The summed E-state index contributed by atoms with van der Waals surface area (Å²) in [5.74, 6) is 2.52. The minimum Gasteiger partial charge on any atom is -0.306 e. The minimum absolute atomic E-state index is 0.698. The number of nitrogens with zero attached hydrogens (tertiary/aromatic N) is 1. The Hall–Kier alpha value is 0.660. The standard InChI is InChI=1S/C8H19NS2/c1-5-6-10-11-7-8(2)9(3)4/h8H,5-7H2,1-4H3. The van der Waals surface area contributed by atoms with Crippen LogP contribution in [0.1, 0.15) is 20.3 Å². The molecule has 0 aliphatic heterocycles. The Bertz CT molecular complexity index is 86.2. The van der Waals surface area contributed by atoms with E-state index in [4.69, 9.17) is 0 Å². The molecule has 0 spiro atoms. The molecule has 0 saturated carbocycles. The van der Waals surface area contributed by atoms with E-state index in [1.165, 1.54) is 17.9 Å². The summed E-state index contributed by atoms with van der Waals surface area (Å²) < 4.78 is 0. The van der Waals surface area contributed by atoms with Gasteiger partial charge in [0.05, 0.1) is 0 Å². The van der Waals surface area contributed by atoms with Crippen LogP contribution in [-0.2, 0) is 0 Å². The molecular formula is C8H19NS2. The third-order valence-electron chi connectivity index (χ3n) is 1.56. The van der Waals surface area contributed by atoms with Gasteiger partial charge in [-0.05, 0) is 27.4 Å². The molecule has 0 radical (unpaired) electrons. The first-order valence-electron chi connectivity index (χ1n) is 4.09. The molecule has 0 aliphatic carbocycles. The average Bonchev–Trinajstić information content (AvgIpc) is 1.97. The van der Waals surface area contributed by atoms with E-state index in [0.717, 1.165) is 0 Å². The van der Waals surface area contributed by atoms with Crippen LogP contribution in [0.15, 0.2) is 0 Å². The van der Waals surface area contributed by atoms with Crippen molar-refractivity contribution in [3.63, 3.8) is 0 Å². The van der Waals surface area contributed by atoms with Crippen molar-refractivity contribution in [3.05, 3.63) is 0 Å². The van der Waals surface area contributed by atoms with Gasteiger partial charge in [0.2, 0.25) is 0 Å². The molecule has 1 atom stereocenters. The highest BCUT2D eigenvalue weighted by Crippen LogP contribution is 2.23. The molecule has 0 bridgehead atoms. The summed E-state index contributed by atoms with van der Waals surface area (Å²) in [4.78, 5) is 2.26. The highest BCUT2D eigenvalue weighted by molar-refractivity contribution is 8.76. The van der Waals surface area contributed by atoms with E-state index < -0.39 is 0 Å². The quantitative estimate of drug-likeness (QED) is 0.472. The lowest BCUT2D eigenvalue weighted by molar-refractivity contribution is 0.340. The van der Waals surface area contributed by atoms with Gasteiger partial charge in [0.15, 0.2) is 0 Å². The third-order valence-corrected chi connectivity index (χ3v) is 4.33. The summed E-state index contributed by atoms with van der Waals surface area (Å²) >= 11 is 0. The Morgan fingerprint density at radius 2 is 1.91 bits per heavy atom. The highest BCUT2D eigenvalue weighted by atomic mass is 33.1. The lowest BCUT2D eigenvalue weighted by Gasteiger charge is -2.18. The predicted octanol–water partition coefficient (Wildman–Crippen LogP) is 2.73. The number of hydrogen-bond acceptors (Lipinski definition) is 3. The molecule has 0 N–H and O–H groups in total. The van der Waals surface area contributed by atoms with Crippen LogP contribution in [0.2, 0.25) is 0 Å². The highest BCUT2D eigenvalue weighted by Gasteiger charge is 2.03. The van der Waals surface area contributed by atoms with E-state index in [-0.39, 0.29) is 0 Å². The monoisotopic (exact) mass is 193 g/mol. The zero-order valence-electron chi connectivity index (χ0n) is 7.96. The van der Waals surface area contributed by atoms with Gasteiger partial charge in [-0.3, -0.25) is 0 Å². The van der Waals surface area contributed by atoms with Crippen molar-refractivity contribution in [1.29, 1.82) is 0 Å². The Balaban J connectivity index is 3.10. The maximum Gasteiger partial charge on any atom is 0.0190 e. The van der Waals surface area contributed by atoms with Gasteiger partial charge < -0.3 is 4.90 Å². The van der Waals surface area contributed by atoms with Crippen LogP contribution in [-0.4, -0.2) is 36.5 Å². The van der Waals surface area contributed by atoms with Gasteiger partial charge in [0.1, 0.15) is 0 Å².